The third kappa shape index (κ3) is 3.68. The van der Waals surface area contributed by atoms with Gasteiger partial charge in [0.25, 0.3) is 0 Å². The number of nitrogens with one attached hydrogen (secondary N) is 1. The van der Waals surface area contributed by atoms with E-state index >= 15 is 0 Å². The van der Waals surface area contributed by atoms with Crippen molar-refractivity contribution < 1.29 is 4.79 Å². The first kappa shape index (κ1) is 19.8. The van der Waals surface area contributed by atoms with E-state index in [9.17, 15) is 4.79 Å². The first-order valence-electron chi connectivity index (χ1n) is 11.8. The number of allylic oxidation sites excluding steroid dienone is 1. The number of urea groups is 1. The Morgan fingerprint density at radius 2 is 1.73 bits per heavy atom. The molecule has 6 aliphatic heterocycles. The Kier molecular flexibility index (Phi) is 5.40. The van der Waals surface area contributed by atoms with Crippen molar-refractivity contribution in [2.24, 2.45) is 4.99 Å². The summed E-state index contributed by atoms with van der Waals surface area (Å²) in [7, 11) is 0. The second-order valence-corrected chi connectivity index (χ2v) is 9.56. The van der Waals surface area contributed by atoms with Crippen molar-refractivity contribution in [3.05, 3.63) is 42.0 Å². The summed E-state index contributed by atoms with van der Waals surface area (Å²) in [6, 6.07) is 9.34. The van der Waals surface area contributed by atoms with Gasteiger partial charge in [-0.25, -0.2) is 4.79 Å². The van der Waals surface area contributed by atoms with Gasteiger partial charge in [-0.15, -0.1) is 0 Å². The lowest BCUT2D eigenvalue weighted by atomic mass is 9.84. The number of amidine groups is 1. The standard InChI is InChI=1S/C25H34N4O/c1-19-6-5-15-29-24(30)27-23(26-22-7-3-2-4-8-22)25(29)13-16-28(17-14-25)18-20-9-11-21(19)12-10-20/h9-12,22H,1-8,13-18H2,(H,26,27,30). The zero-order chi connectivity index (χ0) is 20.6. The van der Waals surface area contributed by atoms with Crippen LogP contribution < -0.4 is 5.32 Å². The van der Waals surface area contributed by atoms with Gasteiger partial charge in [-0.05, 0) is 55.2 Å². The Labute approximate surface area is 180 Å². The van der Waals surface area contributed by atoms with Crippen molar-refractivity contribution in [1.29, 1.82) is 0 Å². The van der Waals surface area contributed by atoms with Crippen LogP contribution in [0.15, 0.2) is 35.8 Å². The molecule has 7 aliphatic rings. The van der Waals surface area contributed by atoms with Gasteiger partial charge in [0, 0.05) is 26.2 Å². The van der Waals surface area contributed by atoms with E-state index < -0.39 is 0 Å². The van der Waals surface area contributed by atoms with Gasteiger partial charge in [-0.2, -0.15) is 0 Å². The number of carbonyl (C=O) groups is 1. The van der Waals surface area contributed by atoms with Gasteiger partial charge in [0.2, 0.25) is 0 Å². The van der Waals surface area contributed by atoms with Crippen LogP contribution in [0, 0.1) is 0 Å². The van der Waals surface area contributed by atoms with Crippen LogP contribution in [0.1, 0.15) is 68.9 Å². The van der Waals surface area contributed by atoms with Gasteiger partial charge >= 0.3 is 6.03 Å². The molecule has 8 rings (SSSR count). The molecular weight excluding hydrogens is 372 g/mol. The van der Waals surface area contributed by atoms with Crippen LogP contribution in [0.25, 0.3) is 5.57 Å². The molecule has 1 N–H and O–H groups in total. The van der Waals surface area contributed by atoms with E-state index in [2.05, 4.69) is 46.0 Å². The third-order valence-electron chi connectivity index (χ3n) is 7.63. The van der Waals surface area contributed by atoms with Crippen molar-refractivity contribution in [3.8, 4) is 0 Å². The monoisotopic (exact) mass is 406 g/mol. The van der Waals surface area contributed by atoms with Crippen molar-refractivity contribution in [2.45, 2.75) is 75.9 Å². The van der Waals surface area contributed by atoms with Gasteiger partial charge in [-0.3, -0.25) is 15.2 Å². The van der Waals surface area contributed by atoms with E-state index in [-0.39, 0.29) is 11.6 Å². The Hall–Kier alpha value is -2.14. The summed E-state index contributed by atoms with van der Waals surface area (Å²) in [6.07, 6.45) is 9.97. The zero-order valence-electron chi connectivity index (χ0n) is 18.0. The van der Waals surface area contributed by atoms with E-state index in [0.29, 0.717) is 6.04 Å². The minimum atomic E-state index is -0.237. The highest BCUT2D eigenvalue weighted by atomic mass is 16.2. The molecule has 0 aromatic heterocycles. The average Bonchev–Trinajstić information content (AvgIpc) is 3.01. The fourth-order valence-electron chi connectivity index (χ4n) is 5.75. The SMILES string of the molecule is C=C1CCCN2C(=O)NC(=NC3CCCCC3)C23CCN(CC3)Cc2ccc1cc2. The molecule has 4 bridgehead atoms. The van der Waals surface area contributed by atoms with Gasteiger partial charge < -0.3 is 4.90 Å². The Balaban J connectivity index is 1.44. The smallest absolute Gasteiger partial charge is 0.312 e. The molecule has 1 aromatic carbocycles. The first-order valence-corrected chi connectivity index (χ1v) is 11.8. The van der Waals surface area contributed by atoms with Crippen molar-refractivity contribution >= 4 is 17.4 Å². The minimum Gasteiger partial charge on any atom is -0.312 e. The van der Waals surface area contributed by atoms with Gasteiger partial charge in [0.15, 0.2) is 0 Å². The average molecular weight is 407 g/mol. The Morgan fingerprint density at radius 3 is 2.47 bits per heavy atom. The number of amides is 2. The van der Waals surface area contributed by atoms with Gasteiger partial charge in [0.05, 0.1) is 6.04 Å². The number of hydrogen-bond donors (Lipinski definition) is 1. The lowest BCUT2D eigenvalue weighted by Gasteiger charge is -2.44. The second-order valence-electron chi connectivity index (χ2n) is 9.56. The number of rotatable bonds is 1. The highest BCUT2D eigenvalue weighted by Crippen LogP contribution is 2.36. The molecule has 5 nitrogen and oxygen atoms in total. The van der Waals surface area contributed by atoms with E-state index in [4.69, 9.17) is 4.99 Å². The molecule has 160 valence electrons. The molecule has 0 unspecified atom stereocenters. The lowest BCUT2D eigenvalue weighted by Crippen LogP contribution is -2.56. The molecule has 2 amide bonds. The fourth-order valence-corrected chi connectivity index (χ4v) is 5.75. The summed E-state index contributed by atoms with van der Waals surface area (Å²) in [5.41, 5.74) is 3.50. The summed E-state index contributed by atoms with van der Waals surface area (Å²) in [6.45, 7) is 8.05. The largest absolute Gasteiger partial charge is 0.323 e. The lowest BCUT2D eigenvalue weighted by molar-refractivity contribution is 0.0989. The molecule has 1 aliphatic carbocycles. The highest BCUT2D eigenvalue weighted by molar-refractivity contribution is 6.10. The van der Waals surface area contributed by atoms with Crippen LogP contribution >= 0.6 is 0 Å². The maximum absolute atomic E-state index is 13.1. The van der Waals surface area contributed by atoms with Crippen LogP contribution in [0.4, 0.5) is 4.79 Å². The number of piperidine rings is 1. The molecule has 6 heterocycles. The van der Waals surface area contributed by atoms with Crippen LogP contribution in [-0.2, 0) is 6.54 Å². The molecular formula is C25H34N4O. The first-order chi connectivity index (χ1) is 14.6. The van der Waals surface area contributed by atoms with Crippen LogP contribution in [0.3, 0.4) is 0 Å². The molecule has 30 heavy (non-hydrogen) atoms. The molecule has 1 spiro atoms. The zero-order valence-corrected chi connectivity index (χ0v) is 18.0. The number of hydrogen-bond acceptors (Lipinski definition) is 3. The van der Waals surface area contributed by atoms with Gasteiger partial charge in [0.1, 0.15) is 11.4 Å². The number of nitrogens with zero attached hydrogens (tertiary/aromatic N) is 3. The van der Waals surface area contributed by atoms with Crippen molar-refractivity contribution in [3.63, 3.8) is 0 Å². The molecule has 5 heteroatoms. The second kappa shape index (κ2) is 8.18. The summed E-state index contributed by atoms with van der Waals surface area (Å²) in [5.74, 6) is 0.966. The Bertz CT molecular complexity index is 829. The molecule has 3 fully saturated rings. The van der Waals surface area contributed by atoms with Crippen LogP contribution in [-0.4, -0.2) is 52.9 Å². The minimum absolute atomic E-state index is 0.0547. The molecule has 0 radical (unpaired) electrons. The molecule has 1 saturated carbocycles. The predicted octanol–water partition coefficient (Wildman–Crippen LogP) is 4.58. The molecule has 1 aromatic rings. The van der Waals surface area contributed by atoms with E-state index in [1.54, 1.807) is 0 Å². The number of benzene rings is 1. The van der Waals surface area contributed by atoms with E-state index in [1.807, 2.05) is 0 Å². The quantitative estimate of drug-likeness (QED) is 0.742. The van der Waals surface area contributed by atoms with Gasteiger partial charge in [-0.1, -0.05) is 50.1 Å². The van der Waals surface area contributed by atoms with E-state index in [1.165, 1.54) is 30.4 Å². The van der Waals surface area contributed by atoms with Crippen LogP contribution in [0.2, 0.25) is 0 Å². The van der Waals surface area contributed by atoms with Crippen molar-refractivity contribution in [1.82, 2.24) is 15.1 Å². The summed E-state index contributed by atoms with van der Waals surface area (Å²) in [5, 5.41) is 3.21. The molecule has 0 atom stereocenters. The Morgan fingerprint density at radius 1 is 1.00 bits per heavy atom. The number of carbonyl (C=O) groups excluding carboxylic acids is 1. The topological polar surface area (TPSA) is 47.9 Å². The predicted molar refractivity (Wildman–Crippen MR) is 121 cm³/mol. The number of aliphatic imine (C=N–C) groups is 1. The summed E-state index contributed by atoms with van der Waals surface area (Å²) in [4.78, 5) is 22.9. The summed E-state index contributed by atoms with van der Waals surface area (Å²) < 4.78 is 0. The van der Waals surface area contributed by atoms with E-state index in [0.717, 1.165) is 76.1 Å². The normalized spacial score (nSPS) is 31.7. The third-order valence-corrected chi connectivity index (χ3v) is 7.63. The van der Waals surface area contributed by atoms with Crippen LogP contribution in [0.5, 0.6) is 0 Å². The fraction of sp³-hybridized carbons (Fsp3) is 0.600. The maximum Gasteiger partial charge on any atom is 0.323 e. The summed E-state index contributed by atoms with van der Waals surface area (Å²) >= 11 is 0. The van der Waals surface area contributed by atoms with Crippen molar-refractivity contribution in [2.75, 3.05) is 19.6 Å². The maximum atomic E-state index is 13.1. The molecule has 2 saturated heterocycles. The highest BCUT2D eigenvalue weighted by Gasteiger charge is 2.52.